The van der Waals surface area contributed by atoms with Gasteiger partial charge in [0.1, 0.15) is 5.69 Å². The van der Waals surface area contributed by atoms with Crippen molar-refractivity contribution in [3.05, 3.63) is 24.0 Å². The fourth-order valence-corrected chi connectivity index (χ4v) is 0.763. The van der Waals surface area contributed by atoms with Gasteiger partial charge in [0, 0.05) is 0 Å². The molecule has 76 valence electrons. The summed E-state index contributed by atoms with van der Waals surface area (Å²) < 4.78 is 0. The Kier molecular flexibility index (Phi) is 3.41. The lowest BCUT2D eigenvalue weighted by Gasteiger charge is -2.07. The highest BCUT2D eigenvalue weighted by Gasteiger charge is 2.06. The number of amides is 1. The maximum Gasteiger partial charge on any atom is 0.293 e. The van der Waals surface area contributed by atoms with Gasteiger partial charge in [-0.1, -0.05) is 0 Å². The van der Waals surface area contributed by atoms with Crippen molar-refractivity contribution in [2.75, 3.05) is 5.73 Å². The van der Waals surface area contributed by atoms with Crippen LogP contribution in [0.4, 0.5) is 5.69 Å². The topological polar surface area (TPSA) is 77.2 Å². The predicted octanol–water partition coefficient (Wildman–Crippen LogP) is 0.734. The normalized spacial score (nSPS) is 10.2. The molecule has 0 radical (unpaired) electrons. The molecule has 0 saturated heterocycles. The van der Waals surface area contributed by atoms with Crippen LogP contribution in [0.25, 0.3) is 0 Å². The number of carbonyl (C=O) groups excluding carboxylic acids is 1. The first-order chi connectivity index (χ1) is 6.59. The predicted molar refractivity (Wildman–Crippen MR) is 52.3 cm³/mol. The van der Waals surface area contributed by atoms with Crippen molar-refractivity contribution >= 4 is 11.6 Å². The van der Waals surface area contributed by atoms with Gasteiger partial charge in [-0.15, -0.1) is 0 Å². The number of nitrogens with two attached hydrogens (primary N) is 1. The van der Waals surface area contributed by atoms with E-state index in [0.717, 1.165) is 0 Å². The third kappa shape index (κ3) is 3.02. The highest BCUT2D eigenvalue weighted by molar-refractivity contribution is 5.91. The molecule has 1 aromatic heterocycles. The van der Waals surface area contributed by atoms with Gasteiger partial charge in [0.2, 0.25) is 0 Å². The van der Waals surface area contributed by atoms with Crippen molar-refractivity contribution in [3.63, 3.8) is 0 Å². The monoisotopic (exact) mass is 195 g/mol. The van der Waals surface area contributed by atoms with Gasteiger partial charge in [0.25, 0.3) is 5.91 Å². The molecule has 0 aliphatic heterocycles. The smallest absolute Gasteiger partial charge is 0.293 e. The van der Waals surface area contributed by atoms with Crippen LogP contribution in [-0.2, 0) is 4.84 Å². The zero-order valence-corrected chi connectivity index (χ0v) is 8.15. The van der Waals surface area contributed by atoms with E-state index in [-0.39, 0.29) is 17.7 Å². The van der Waals surface area contributed by atoms with Crippen molar-refractivity contribution in [2.45, 2.75) is 20.0 Å². The minimum atomic E-state index is -0.376. The third-order valence-electron chi connectivity index (χ3n) is 1.41. The number of nitrogen functional groups attached to an aromatic ring is 1. The van der Waals surface area contributed by atoms with E-state index in [0.29, 0.717) is 5.69 Å². The zero-order valence-electron chi connectivity index (χ0n) is 8.15. The molecule has 0 bridgehead atoms. The zero-order chi connectivity index (χ0) is 10.6. The first-order valence-electron chi connectivity index (χ1n) is 4.27. The highest BCUT2D eigenvalue weighted by atomic mass is 16.7. The van der Waals surface area contributed by atoms with Crippen LogP contribution < -0.4 is 11.2 Å². The Morgan fingerprint density at radius 2 is 2.29 bits per heavy atom. The summed E-state index contributed by atoms with van der Waals surface area (Å²) >= 11 is 0. The molecule has 1 rings (SSSR count). The summed E-state index contributed by atoms with van der Waals surface area (Å²) in [5.41, 5.74) is 8.50. The van der Waals surface area contributed by atoms with E-state index in [2.05, 4.69) is 10.5 Å². The summed E-state index contributed by atoms with van der Waals surface area (Å²) in [6, 6.07) is 3.14. The van der Waals surface area contributed by atoms with Crippen LogP contribution in [0.2, 0.25) is 0 Å². The van der Waals surface area contributed by atoms with Gasteiger partial charge in [0.15, 0.2) is 0 Å². The van der Waals surface area contributed by atoms with E-state index in [1.165, 1.54) is 12.3 Å². The van der Waals surface area contributed by atoms with Gasteiger partial charge in [-0.25, -0.2) is 10.5 Å². The van der Waals surface area contributed by atoms with Crippen LogP contribution >= 0.6 is 0 Å². The first-order valence-corrected chi connectivity index (χ1v) is 4.27. The number of carbonyl (C=O) groups is 1. The quantitative estimate of drug-likeness (QED) is 0.697. The minimum absolute atomic E-state index is 0.0623. The summed E-state index contributed by atoms with van der Waals surface area (Å²) in [7, 11) is 0. The lowest BCUT2D eigenvalue weighted by molar-refractivity contribution is -0.000133. The second-order valence-electron chi connectivity index (χ2n) is 3.07. The fraction of sp³-hybridized carbons (Fsp3) is 0.333. The van der Waals surface area contributed by atoms with Gasteiger partial charge in [-0.3, -0.25) is 9.63 Å². The number of nitrogens with one attached hydrogen (secondary N) is 1. The van der Waals surface area contributed by atoms with E-state index >= 15 is 0 Å². The molecule has 5 nitrogen and oxygen atoms in total. The van der Waals surface area contributed by atoms with Crippen LogP contribution in [-0.4, -0.2) is 17.0 Å². The highest BCUT2D eigenvalue weighted by Crippen LogP contribution is 2.00. The standard InChI is InChI=1S/C9H13N3O2/c1-6(2)14-12-9(13)8-4-3-7(10)5-11-8/h3-6H,10H2,1-2H3,(H,12,13). The summed E-state index contributed by atoms with van der Waals surface area (Å²) in [5, 5.41) is 0. The van der Waals surface area contributed by atoms with Crippen molar-refractivity contribution < 1.29 is 9.63 Å². The number of pyridine rings is 1. The molecular weight excluding hydrogens is 182 g/mol. The van der Waals surface area contributed by atoms with Gasteiger partial charge in [0.05, 0.1) is 18.0 Å². The van der Waals surface area contributed by atoms with E-state index in [4.69, 9.17) is 10.6 Å². The maximum atomic E-state index is 11.3. The molecule has 5 heteroatoms. The Bertz CT molecular complexity index is 308. The molecule has 1 heterocycles. The molecule has 0 spiro atoms. The average Bonchev–Trinajstić information content (AvgIpc) is 2.15. The SMILES string of the molecule is CC(C)ONC(=O)c1ccc(N)cn1. The second kappa shape index (κ2) is 4.57. The second-order valence-corrected chi connectivity index (χ2v) is 3.07. The first kappa shape index (κ1) is 10.5. The lowest BCUT2D eigenvalue weighted by atomic mass is 10.3. The number of anilines is 1. The van der Waals surface area contributed by atoms with Crippen LogP contribution in [0.5, 0.6) is 0 Å². The summed E-state index contributed by atoms with van der Waals surface area (Å²) in [6.45, 7) is 3.63. The Hall–Kier alpha value is -1.62. The molecular formula is C9H13N3O2. The number of hydroxylamine groups is 1. The summed E-state index contributed by atoms with van der Waals surface area (Å²) in [5.74, 6) is -0.376. The Morgan fingerprint density at radius 3 is 2.79 bits per heavy atom. The molecule has 0 aromatic carbocycles. The molecule has 0 saturated carbocycles. The molecule has 0 aliphatic rings. The Balaban J connectivity index is 2.57. The van der Waals surface area contributed by atoms with Gasteiger partial charge < -0.3 is 5.73 Å². The van der Waals surface area contributed by atoms with Crippen LogP contribution in [0.15, 0.2) is 18.3 Å². The molecule has 0 unspecified atom stereocenters. The molecule has 14 heavy (non-hydrogen) atoms. The van der Waals surface area contributed by atoms with E-state index in [1.807, 2.05) is 13.8 Å². The molecule has 0 atom stereocenters. The molecule has 1 aromatic rings. The summed E-state index contributed by atoms with van der Waals surface area (Å²) in [6.07, 6.45) is 1.36. The molecule has 0 aliphatic carbocycles. The van der Waals surface area contributed by atoms with Gasteiger partial charge >= 0.3 is 0 Å². The summed E-state index contributed by atoms with van der Waals surface area (Å²) in [4.78, 5) is 20.1. The lowest BCUT2D eigenvalue weighted by Crippen LogP contribution is -2.27. The van der Waals surface area contributed by atoms with Crippen molar-refractivity contribution in [2.24, 2.45) is 0 Å². The van der Waals surface area contributed by atoms with Gasteiger partial charge in [-0.05, 0) is 26.0 Å². The maximum absolute atomic E-state index is 11.3. The number of hydrogen-bond donors (Lipinski definition) is 2. The Labute approximate surface area is 82.2 Å². The average molecular weight is 195 g/mol. The minimum Gasteiger partial charge on any atom is -0.397 e. The molecule has 3 N–H and O–H groups in total. The van der Waals surface area contributed by atoms with Crippen LogP contribution in [0.1, 0.15) is 24.3 Å². The molecule has 0 fully saturated rings. The number of rotatable bonds is 3. The molecule has 1 amide bonds. The van der Waals surface area contributed by atoms with Gasteiger partial charge in [-0.2, -0.15) is 0 Å². The van der Waals surface area contributed by atoms with Crippen molar-refractivity contribution in [1.82, 2.24) is 10.5 Å². The van der Waals surface area contributed by atoms with Crippen molar-refractivity contribution in [1.29, 1.82) is 0 Å². The van der Waals surface area contributed by atoms with E-state index < -0.39 is 0 Å². The fourth-order valence-electron chi connectivity index (χ4n) is 0.763. The third-order valence-corrected chi connectivity index (χ3v) is 1.41. The number of hydrogen-bond acceptors (Lipinski definition) is 4. The van der Waals surface area contributed by atoms with E-state index in [1.54, 1.807) is 6.07 Å². The largest absolute Gasteiger partial charge is 0.397 e. The van der Waals surface area contributed by atoms with Crippen LogP contribution in [0, 0.1) is 0 Å². The number of nitrogens with zero attached hydrogens (tertiary/aromatic N) is 1. The van der Waals surface area contributed by atoms with E-state index in [9.17, 15) is 4.79 Å². The van der Waals surface area contributed by atoms with Crippen LogP contribution in [0.3, 0.4) is 0 Å². The number of aromatic nitrogens is 1. The van der Waals surface area contributed by atoms with Crippen molar-refractivity contribution in [3.8, 4) is 0 Å². The Morgan fingerprint density at radius 1 is 1.57 bits per heavy atom.